The first kappa shape index (κ1) is 22.9. The van der Waals surface area contributed by atoms with Gasteiger partial charge in [-0.05, 0) is 62.9 Å². The van der Waals surface area contributed by atoms with Crippen LogP contribution in [0.25, 0.3) is 0 Å². The highest BCUT2D eigenvalue weighted by Gasteiger charge is 2.34. The third-order valence-electron chi connectivity index (χ3n) is 5.58. The van der Waals surface area contributed by atoms with E-state index in [4.69, 9.17) is 9.47 Å². The Morgan fingerprint density at radius 2 is 1.77 bits per heavy atom. The topological polar surface area (TPSA) is 62.8 Å². The summed E-state index contributed by atoms with van der Waals surface area (Å²) in [6, 6.07) is 14.3. The second kappa shape index (κ2) is 9.60. The van der Waals surface area contributed by atoms with Crippen molar-refractivity contribution in [1.29, 1.82) is 0 Å². The molecule has 0 saturated carbocycles. The Labute approximate surface area is 185 Å². The summed E-state index contributed by atoms with van der Waals surface area (Å²) in [5, 5.41) is 6.17. The van der Waals surface area contributed by atoms with Crippen molar-refractivity contribution in [3.8, 4) is 11.5 Å². The highest BCUT2D eigenvalue weighted by molar-refractivity contribution is 5.75. The Bertz CT molecular complexity index is 893. The minimum absolute atomic E-state index is 0.00878. The van der Waals surface area contributed by atoms with Crippen molar-refractivity contribution in [3.05, 3.63) is 59.2 Å². The van der Waals surface area contributed by atoms with Gasteiger partial charge in [0.2, 0.25) is 0 Å². The molecule has 0 aliphatic carbocycles. The molecule has 0 fully saturated rings. The molecule has 0 spiro atoms. The zero-order valence-corrected chi connectivity index (χ0v) is 19.5. The number of hydrogen-bond donors (Lipinski definition) is 2. The number of nitrogens with zero attached hydrogens (tertiary/aromatic N) is 1. The first-order valence-corrected chi connectivity index (χ1v) is 10.8. The van der Waals surface area contributed by atoms with E-state index >= 15 is 0 Å². The number of carbonyl (C=O) groups excluding carboxylic acids is 1. The number of hydrogen-bond acceptors (Lipinski definition) is 4. The fraction of sp³-hybridized carbons (Fsp3) is 0.480. The number of rotatable bonds is 6. The highest BCUT2D eigenvalue weighted by Crippen LogP contribution is 2.40. The number of amides is 2. The van der Waals surface area contributed by atoms with E-state index in [1.807, 2.05) is 26.8 Å². The molecule has 0 saturated heterocycles. The normalized spacial score (nSPS) is 17.4. The zero-order valence-electron chi connectivity index (χ0n) is 19.5. The predicted molar refractivity (Wildman–Crippen MR) is 124 cm³/mol. The van der Waals surface area contributed by atoms with Gasteiger partial charge in [-0.1, -0.05) is 30.3 Å². The van der Waals surface area contributed by atoms with E-state index in [1.54, 1.807) is 14.2 Å². The summed E-state index contributed by atoms with van der Waals surface area (Å²) < 4.78 is 11.1. The highest BCUT2D eigenvalue weighted by atomic mass is 16.5. The van der Waals surface area contributed by atoms with Crippen LogP contribution in [0.3, 0.4) is 0 Å². The second-order valence-corrected chi connectivity index (χ2v) is 9.19. The number of methoxy groups -OCH3 is 2. The van der Waals surface area contributed by atoms with Crippen LogP contribution in [0.2, 0.25) is 0 Å². The molecule has 0 bridgehead atoms. The molecular formula is C25H35N3O3. The van der Waals surface area contributed by atoms with E-state index in [0.29, 0.717) is 5.75 Å². The molecule has 31 heavy (non-hydrogen) atoms. The van der Waals surface area contributed by atoms with Crippen LogP contribution in [0.5, 0.6) is 11.5 Å². The average Bonchev–Trinajstić information content (AvgIpc) is 2.71. The summed E-state index contributed by atoms with van der Waals surface area (Å²) in [6.45, 7) is 9.71. The lowest BCUT2D eigenvalue weighted by atomic mass is 9.87. The van der Waals surface area contributed by atoms with E-state index in [1.165, 1.54) is 16.7 Å². The molecule has 0 radical (unpaired) electrons. The first-order valence-electron chi connectivity index (χ1n) is 10.8. The van der Waals surface area contributed by atoms with Crippen molar-refractivity contribution in [2.45, 2.75) is 58.3 Å². The van der Waals surface area contributed by atoms with Crippen LogP contribution in [-0.2, 0) is 13.0 Å². The Hall–Kier alpha value is -2.73. The minimum atomic E-state index is -0.297. The van der Waals surface area contributed by atoms with Gasteiger partial charge in [0.1, 0.15) is 0 Å². The van der Waals surface area contributed by atoms with Gasteiger partial charge in [0, 0.05) is 24.7 Å². The molecule has 0 aromatic heterocycles. The lowest BCUT2D eigenvalue weighted by Gasteiger charge is -2.41. The molecule has 2 aromatic carbocycles. The van der Waals surface area contributed by atoms with Gasteiger partial charge >= 0.3 is 6.03 Å². The largest absolute Gasteiger partial charge is 0.493 e. The number of nitrogens with one attached hydrogen (secondary N) is 2. The standard InChI is InChI=1S/C25H35N3O3/c1-17(26-24(29)27-25(2,3)4)23-20-15-22(31-6)21(30-5)14-19(20)12-13-28(23)16-18-10-8-7-9-11-18/h7-11,14-15,17,23H,12-13,16H2,1-6H3,(H2,26,27,29)/t17-,23-/m1/s1. The molecular weight excluding hydrogens is 390 g/mol. The zero-order chi connectivity index (χ0) is 22.6. The predicted octanol–water partition coefficient (Wildman–Crippen LogP) is 4.29. The number of ether oxygens (including phenoxy) is 2. The molecule has 2 aromatic rings. The van der Waals surface area contributed by atoms with Crippen LogP contribution in [0.15, 0.2) is 42.5 Å². The van der Waals surface area contributed by atoms with Crippen molar-refractivity contribution < 1.29 is 14.3 Å². The van der Waals surface area contributed by atoms with E-state index in [-0.39, 0.29) is 23.7 Å². The summed E-state index contributed by atoms with van der Waals surface area (Å²) >= 11 is 0. The summed E-state index contributed by atoms with van der Waals surface area (Å²) in [4.78, 5) is 15.1. The van der Waals surface area contributed by atoms with Crippen LogP contribution in [0.4, 0.5) is 4.79 Å². The van der Waals surface area contributed by atoms with Crippen molar-refractivity contribution in [2.24, 2.45) is 0 Å². The average molecular weight is 426 g/mol. The summed E-state index contributed by atoms with van der Waals surface area (Å²) in [5.41, 5.74) is 3.36. The molecule has 1 aliphatic rings. The van der Waals surface area contributed by atoms with Gasteiger partial charge in [0.05, 0.1) is 20.3 Å². The number of fused-ring (bicyclic) bond motifs is 1. The maximum atomic E-state index is 12.6. The first-order chi connectivity index (χ1) is 14.7. The number of urea groups is 1. The Morgan fingerprint density at radius 3 is 2.39 bits per heavy atom. The minimum Gasteiger partial charge on any atom is -0.493 e. The third-order valence-corrected chi connectivity index (χ3v) is 5.58. The van der Waals surface area contributed by atoms with Crippen molar-refractivity contribution in [3.63, 3.8) is 0 Å². The van der Waals surface area contributed by atoms with Gasteiger partial charge < -0.3 is 20.1 Å². The van der Waals surface area contributed by atoms with E-state index in [9.17, 15) is 4.79 Å². The van der Waals surface area contributed by atoms with Crippen LogP contribution in [-0.4, -0.2) is 43.3 Å². The molecule has 0 unspecified atom stereocenters. The van der Waals surface area contributed by atoms with Gasteiger partial charge in [-0.15, -0.1) is 0 Å². The Morgan fingerprint density at radius 1 is 1.13 bits per heavy atom. The monoisotopic (exact) mass is 425 g/mol. The molecule has 2 atom stereocenters. The Balaban J connectivity index is 1.94. The van der Waals surface area contributed by atoms with Crippen LogP contribution in [0.1, 0.15) is 50.4 Å². The maximum absolute atomic E-state index is 12.6. The molecule has 2 N–H and O–H groups in total. The summed E-state index contributed by atoms with van der Waals surface area (Å²) in [5.74, 6) is 1.45. The van der Waals surface area contributed by atoms with Gasteiger partial charge in [0.25, 0.3) is 0 Å². The molecule has 1 aliphatic heterocycles. The van der Waals surface area contributed by atoms with Crippen LogP contribution < -0.4 is 20.1 Å². The molecule has 6 nitrogen and oxygen atoms in total. The SMILES string of the molecule is COc1cc2c(cc1OC)[C@@H]([C@@H](C)NC(=O)NC(C)(C)C)N(Cc1ccccc1)CC2. The van der Waals surface area contributed by atoms with E-state index in [0.717, 1.165) is 25.3 Å². The van der Waals surface area contributed by atoms with Crippen molar-refractivity contribution in [2.75, 3.05) is 20.8 Å². The molecule has 6 heteroatoms. The van der Waals surface area contributed by atoms with Crippen LogP contribution in [0, 0.1) is 0 Å². The molecule has 168 valence electrons. The summed E-state index contributed by atoms with van der Waals surface area (Å²) in [6.07, 6.45) is 0.917. The fourth-order valence-corrected chi connectivity index (χ4v) is 4.27. The second-order valence-electron chi connectivity index (χ2n) is 9.19. The molecule has 3 rings (SSSR count). The fourth-order valence-electron chi connectivity index (χ4n) is 4.27. The van der Waals surface area contributed by atoms with Gasteiger partial charge in [-0.3, -0.25) is 4.90 Å². The maximum Gasteiger partial charge on any atom is 0.315 e. The number of benzene rings is 2. The lowest BCUT2D eigenvalue weighted by Crippen LogP contribution is -2.53. The smallest absolute Gasteiger partial charge is 0.315 e. The van der Waals surface area contributed by atoms with Crippen molar-refractivity contribution in [1.82, 2.24) is 15.5 Å². The Kier molecular flexibility index (Phi) is 7.11. The van der Waals surface area contributed by atoms with Crippen molar-refractivity contribution >= 4 is 6.03 Å². The van der Waals surface area contributed by atoms with E-state index in [2.05, 4.69) is 58.9 Å². The summed E-state index contributed by atoms with van der Waals surface area (Å²) in [7, 11) is 3.32. The van der Waals surface area contributed by atoms with E-state index < -0.39 is 0 Å². The quantitative estimate of drug-likeness (QED) is 0.725. The van der Waals surface area contributed by atoms with Gasteiger partial charge in [-0.2, -0.15) is 0 Å². The van der Waals surface area contributed by atoms with Gasteiger partial charge in [0.15, 0.2) is 11.5 Å². The number of carbonyl (C=O) groups is 1. The third kappa shape index (κ3) is 5.70. The lowest BCUT2D eigenvalue weighted by molar-refractivity contribution is 0.142. The van der Waals surface area contributed by atoms with Gasteiger partial charge in [-0.25, -0.2) is 4.79 Å². The molecule has 2 amide bonds. The molecule has 1 heterocycles. The van der Waals surface area contributed by atoms with Crippen LogP contribution >= 0.6 is 0 Å².